The van der Waals surface area contributed by atoms with E-state index in [1.54, 1.807) is 6.26 Å². The quantitative estimate of drug-likeness (QED) is 0.813. The fourth-order valence-electron chi connectivity index (χ4n) is 4.93. The first-order valence-corrected chi connectivity index (χ1v) is 8.99. The number of hydrogen-bond acceptors (Lipinski definition) is 4. The number of ether oxygens (including phenoxy) is 2. The minimum Gasteiger partial charge on any atom is -0.500 e. The second-order valence-electron chi connectivity index (χ2n) is 7.32. The van der Waals surface area contributed by atoms with Crippen LogP contribution in [-0.4, -0.2) is 42.7 Å². The second-order valence-corrected chi connectivity index (χ2v) is 7.32. The number of hydrogen-bond donors (Lipinski definition) is 1. The summed E-state index contributed by atoms with van der Waals surface area (Å²) in [6.45, 7) is 2.73. The summed E-state index contributed by atoms with van der Waals surface area (Å²) in [5.41, 5.74) is 4.70. The van der Waals surface area contributed by atoms with E-state index in [-0.39, 0.29) is 11.9 Å². The SMILES string of the molecule is COC(=O)C1=COCC2CN3CCc4c([nH]c5ccccc45)[C@@H]3C[C@H]12. The minimum atomic E-state index is -0.254. The first-order valence-electron chi connectivity index (χ1n) is 8.99. The first-order chi connectivity index (χ1) is 12.3. The van der Waals surface area contributed by atoms with Gasteiger partial charge in [-0.3, -0.25) is 4.90 Å². The van der Waals surface area contributed by atoms with Gasteiger partial charge in [0.2, 0.25) is 0 Å². The van der Waals surface area contributed by atoms with E-state index >= 15 is 0 Å². The molecule has 0 spiro atoms. The van der Waals surface area contributed by atoms with Crippen molar-refractivity contribution in [2.75, 3.05) is 26.8 Å². The van der Waals surface area contributed by atoms with Gasteiger partial charge in [0.05, 0.1) is 31.6 Å². The molecule has 5 rings (SSSR count). The van der Waals surface area contributed by atoms with Crippen molar-refractivity contribution in [3.63, 3.8) is 0 Å². The number of piperidine rings is 1. The third-order valence-electron chi connectivity index (χ3n) is 6.13. The molecule has 3 atom stereocenters. The van der Waals surface area contributed by atoms with Crippen LogP contribution in [0.3, 0.4) is 0 Å². The summed E-state index contributed by atoms with van der Waals surface area (Å²) < 4.78 is 10.6. The molecule has 2 aromatic rings. The molecular formula is C20H22N2O3. The second kappa shape index (κ2) is 5.63. The number of esters is 1. The Morgan fingerprint density at radius 3 is 3.12 bits per heavy atom. The number of carbonyl (C=O) groups excluding carboxylic acids is 1. The first kappa shape index (κ1) is 15.0. The topological polar surface area (TPSA) is 54.6 Å². The van der Waals surface area contributed by atoms with Crippen LogP contribution in [-0.2, 0) is 20.7 Å². The van der Waals surface area contributed by atoms with E-state index in [4.69, 9.17) is 9.47 Å². The van der Waals surface area contributed by atoms with Crippen LogP contribution in [0, 0.1) is 11.8 Å². The number of nitrogens with one attached hydrogen (secondary N) is 1. The summed E-state index contributed by atoms with van der Waals surface area (Å²) in [4.78, 5) is 18.4. The number of aromatic amines is 1. The number of nitrogens with zero attached hydrogens (tertiary/aromatic N) is 1. The predicted molar refractivity (Wildman–Crippen MR) is 94.0 cm³/mol. The summed E-state index contributed by atoms with van der Waals surface area (Å²) in [5, 5.41) is 1.34. The van der Waals surface area contributed by atoms with Gasteiger partial charge in [0.15, 0.2) is 0 Å². The van der Waals surface area contributed by atoms with Crippen molar-refractivity contribution in [1.82, 2.24) is 9.88 Å². The fourth-order valence-corrected chi connectivity index (χ4v) is 4.93. The lowest BCUT2D eigenvalue weighted by molar-refractivity contribution is -0.138. The summed E-state index contributed by atoms with van der Waals surface area (Å²) in [5.74, 6) is 0.317. The molecule has 1 aromatic carbocycles. The number of carbonyl (C=O) groups is 1. The van der Waals surface area contributed by atoms with E-state index in [0.29, 0.717) is 24.1 Å². The maximum Gasteiger partial charge on any atom is 0.337 e. The van der Waals surface area contributed by atoms with Gasteiger partial charge in [-0.05, 0) is 24.5 Å². The van der Waals surface area contributed by atoms with E-state index < -0.39 is 0 Å². The highest BCUT2D eigenvalue weighted by Crippen LogP contribution is 2.46. The summed E-state index contributed by atoms with van der Waals surface area (Å²) in [6.07, 6.45) is 3.64. The zero-order chi connectivity index (χ0) is 17.0. The number of fused-ring (bicyclic) bond motifs is 6. The lowest BCUT2D eigenvalue weighted by atomic mass is 9.74. The molecule has 5 heteroatoms. The Labute approximate surface area is 146 Å². The highest BCUT2D eigenvalue weighted by molar-refractivity contribution is 5.89. The van der Waals surface area contributed by atoms with Gasteiger partial charge >= 0.3 is 5.97 Å². The van der Waals surface area contributed by atoms with Crippen molar-refractivity contribution in [3.8, 4) is 0 Å². The van der Waals surface area contributed by atoms with Gasteiger partial charge in [0.25, 0.3) is 0 Å². The van der Waals surface area contributed by atoms with Gasteiger partial charge in [0.1, 0.15) is 0 Å². The van der Waals surface area contributed by atoms with Gasteiger partial charge in [-0.2, -0.15) is 0 Å². The lowest BCUT2D eigenvalue weighted by Crippen LogP contribution is -2.49. The Kier molecular flexibility index (Phi) is 3.38. The summed E-state index contributed by atoms with van der Waals surface area (Å²) in [7, 11) is 1.44. The van der Waals surface area contributed by atoms with Crippen LogP contribution in [0.1, 0.15) is 23.7 Å². The van der Waals surface area contributed by atoms with Gasteiger partial charge in [0, 0.05) is 41.5 Å². The number of H-pyrrole nitrogens is 1. The van der Waals surface area contributed by atoms with Crippen molar-refractivity contribution >= 4 is 16.9 Å². The number of para-hydroxylation sites is 1. The van der Waals surface area contributed by atoms with Crippen molar-refractivity contribution in [2.45, 2.75) is 18.9 Å². The molecule has 130 valence electrons. The molecule has 4 heterocycles. The average molecular weight is 338 g/mol. The molecule has 1 unspecified atom stereocenters. The van der Waals surface area contributed by atoms with Crippen LogP contribution in [0.25, 0.3) is 10.9 Å². The van der Waals surface area contributed by atoms with Gasteiger partial charge in [-0.1, -0.05) is 18.2 Å². The largest absolute Gasteiger partial charge is 0.500 e. The van der Waals surface area contributed by atoms with E-state index in [0.717, 1.165) is 25.9 Å². The van der Waals surface area contributed by atoms with Crippen molar-refractivity contribution in [1.29, 1.82) is 0 Å². The molecule has 1 saturated heterocycles. The molecule has 5 nitrogen and oxygen atoms in total. The van der Waals surface area contributed by atoms with Crippen LogP contribution in [0.4, 0.5) is 0 Å². The monoisotopic (exact) mass is 338 g/mol. The molecule has 25 heavy (non-hydrogen) atoms. The van der Waals surface area contributed by atoms with Crippen molar-refractivity contribution in [2.24, 2.45) is 11.8 Å². The van der Waals surface area contributed by atoms with Crippen LogP contribution in [0.5, 0.6) is 0 Å². The molecule has 1 aromatic heterocycles. The Morgan fingerprint density at radius 2 is 2.24 bits per heavy atom. The third kappa shape index (κ3) is 2.22. The molecule has 0 radical (unpaired) electrons. The average Bonchev–Trinajstić information content (AvgIpc) is 3.04. The fraction of sp³-hybridized carbons (Fsp3) is 0.450. The van der Waals surface area contributed by atoms with Crippen LogP contribution >= 0.6 is 0 Å². The number of rotatable bonds is 1. The Balaban J connectivity index is 1.54. The van der Waals surface area contributed by atoms with Crippen LogP contribution in [0.15, 0.2) is 36.1 Å². The number of benzene rings is 1. The molecule has 0 bridgehead atoms. The van der Waals surface area contributed by atoms with Gasteiger partial charge < -0.3 is 14.5 Å². The van der Waals surface area contributed by atoms with E-state index in [1.165, 1.54) is 29.3 Å². The lowest BCUT2D eigenvalue weighted by Gasteiger charge is -2.47. The molecule has 1 fully saturated rings. The van der Waals surface area contributed by atoms with Crippen LogP contribution in [0.2, 0.25) is 0 Å². The number of aromatic nitrogens is 1. The predicted octanol–water partition coefficient (Wildman–Crippen LogP) is 2.79. The Bertz CT molecular complexity index is 869. The van der Waals surface area contributed by atoms with Crippen molar-refractivity contribution in [3.05, 3.63) is 47.4 Å². The van der Waals surface area contributed by atoms with Crippen molar-refractivity contribution < 1.29 is 14.3 Å². The normalized spacial score (nSPS) is 28.4. The maximum atomic E-state index is 12.2. The minimum absolute atomic E-state index is 0.208. The van der Waals surface area contributed by atoms with E-state index in [9.17, 15) is 4.79 Å². The molecular weight excluding hydrogens is 316 g/mol. The molecule has 0 amide bonds. The van der Waals surface area contributed by atoms with Crippen LogP contribution < -0.4 is 0 Å². The zero-order valence-corrected chi connectivity index (χ0v) is 14.3. The Hall–Kier alpha value is -2.27. The van der Waals surface area contributed by atoms with Gasteiger partial charge in [-0.15, -0.1) is 0 Å². The molecule has 0 aliphatic carbocycles. The molecule has 1 N–H and O–H groups in total. The molecule has 0 saturated carbocycles. The maximum absolute atomic E-state index is 12.2. The van der Waals surface area contributed by atoms with E-state index in [2.05, 4.69) is 34.1 Å². The highest BCUT2D eigenvalue weighted by atomic mass is 16.5. The zero-order valence-electron chi connectivity index (χ0n) is 14.3. The summed E-state index contributed by atoms with van der Waals surface area (Å²) in [6, 6.07) is 8.88. The van der Waals surface area contributed by atoms with E-state index in [1.807, 2.05) is 0 Å². The smallest absolute Gasteiger partial charge is 0.337 e. The Morgan fingerprint density at radius 1 is 1.36 bits per heavy atom. The standard InChI is InChI=1S/C20H22N2O3/c1-24-20(23)16-11-25-10-12-9-22-7-6-14-13-4-2-3-5-17(13)21-19(14)18(22)8-15(12)16/h2-5,11-12,15,18,21H,6-10H2,1H3/t12?,15-,18-/m0/s1. The number of methoxy groups -OCH3 is 1. The molecule has 3 aliphatic heterocycles. The summed E-state index contributed by atoms with van der Waals surface area (Å²) >= 11 is 0. The third-order valence-corrected chi connectivity index (χ3v) is 6.13. The highest BCUT2D eigenvalue weighted by Gasteiger charge is 2.44. The molecule has 3 aliphatic rings. The van der Waals surface area contributed by atoms with Gasteiger partial charge in [-0.25, -0.2) is 4.79 Å².